The Kier molecular flexibility index (Phi) is 4.47. The molecule has 0 bridgehead atoms. The summed E-state index contributed by atoms with van der Waals surface area (Å²) < 4.78 is 32.3. The minimum Gasteiger partial charge on any atom is -0.496 e. The van der Waals surface area contributed by atoms with Gasteiger partial charge in [0.25, 0.3) is 0 Å². The molecule has 1 heterocycles. The lowest BCUT2D eigenvalue weighted by Crippen LogP contribution is -2.29. The largest absolute Gasteiger partial charge is 0.496 e. The van der Waals surface area contributed by atoms with Crippen LogP contribution in [-0.4, -0.2) is 7.11 Å². The van der Waals surface area contributed by atoms with Gasteiger partial charge in [-0.1, -0.05) is 6.07 Å². The van der Waals surface area contributed by atoms with Crippen molar-refractivity contribution in [3.05, 3.63) is 51.7 Å². The van der Waals surface area contributed by atoms with E-state index >= 15 is 0 Å². The Balaban J connectivity index is 2.24. The molecule has 1 aromatic carbocycles. The van der Waals surface area contributed by atoms with Crippen LogP contribution in [0.4, 0.5) is 8.78 Å². The van der Waals surface area contributed by atoms with E-state index in [2.05, 4.69) is 5.43 Å². The van der Waals surface area contributed by atoms with Gasteiger partial charge in [0.15, 0.2) is 0 Å². The molecule has 1 unspecified atom stereocenters. The molecule has 6 heteroatoms. The molecule has 2 rings (SSSR count). The number of ether oxygens (including phenoxy) is 1. The lowest BCUT2D eigenvalue weighted by atomic mass is 10.0. The van der Waals surface area contributed by atoms with Crippen molar-refractivity contribution >= 4 is 11.3 Å². The summed E-state index contributed by atoms with van der Waals surface area (Å²) in [5.41, 5.74) is 2.61. The Morgan fingerprint density at radius 1 is 1.37 bits per heavy atom. The van der Waals surface area contributed by atoms with E-state index in [-0.39, 0.29) is 18.0 Å². The van der Waals surface area contributed by atoms with Crippen molar-refractivity contribution in [2.75, 3.05) is 7.11 Å². The fraction of sp³-hybridized carbons (Fsp3) is 0.231. The zero-order chi connectivity index (χ0) is 13.8. The normalized spacial score (nSPS) is 12.4. The smallest absolute Gasteiger partial charge is 0.129 e. The van der Waals surface area contributed by atoms with Crippen LogP contribution in [0.2, 0.25) is 0 Å². The van der Waals surface area contributed by atoms with Crippen LogP contribution in [0.5, 0.6) is 5.75 Å². The number of benzene rings is 1. The second-order valence-corrected chi connectivity index (χ2v) is 4.96. The summed E-state index contributed by atoms with van der Waals surface area (Å²) in [6, 6.07) is 5.25. The van der Waals surface area contributed by atoms with Crippen LogP contribution in [0.15, 0.2) is 29.6 Å². The Bertz CT molecular complexity index is 539. The van der Waals surface area contributed by atoms with E-state index in [4.69, 9.17) is 10.6 Å². The third-order valence-electron chi connectivity index (χ3n) is 2.85. The first-order chi connectivity index (χ1) is 9.15. The van der Waals surface area contributed by atoms with Gasteiger partial charge in [-0.15, -0.1) is 11.3 Å². The Morgan fingerprint density at radius 3 is 2.58 bits per heavy atom. The molecule has 0 amide bonds. The number of nitrogens with one attached hydrogen (secondary N) is 1. The van der Waals surface area contributed by atoms with Crippen LogP contribution < -0.4 is 16.0 Å². The molecule has 3 N–H and O–H groups in total. The van der Waals surface area contributed by atoms with E-state index in [9.17, 15) is 8.78 Å². The average Bonchev–Trinajstić information content (AvgIpc) is 2.87. The first-order valence-corrected chi connectivity index (χ1v) is 6.55. The molecule has 102 valence electrons. The number of rotatable bonds is 5. The third kappa shape index (κ3) is 3.09. The number of thiophene rings is 1. The van der Waals surface area contributed by atoms with Gasteiger partial charge in [0.05, 0.1) is 13.2 Å². The second-order valence-electron chi connectivity index (χ2n) is 4.01. The second kappa shape index (κ2) is 6.10. The van der Waals surface area contributed by atoms with Gasteiger partial charge in [0, 0.05) is 15.8 Å². The predicted molar refractivity (Wildman–Crippen MR) is 71.0 cm³/mol. The summed E-state index contributed by atoms with van der Waals surface area (Å²) >= 11 is 1.43. The van der Waals surface area contributed by atoms with E-state index < -0.39 is 11.6 Å². The topological polar surface area (TPSA) is 47.3 Å². The van der Waals surface area contributed by atoms with Gasteiger partial charge in [-0.25, -0.2) is 8.78 Å². The van der Waals surface area contributed by atoms with E-state index in [0.717, 1.165) is 4.88 Å². The van der Waals surface area contributed by atoms with Crippen molar-refractivity contribution in [1.82, 2.24) is 5.43 Å². The number of hydrogen-bond acceptors (Lipinski definition) is 4. The molecule has 0 fully saturated rings. The van der Waals surface area contributed by atoms with Gasteiger partial charge >= 0.3 is 0 Å². The highest BCUT2D eigenvalue weighted by Crippen LogP contribution is 2.29. The van der Waals surface area contributed by atoms with Crippen molar-refractivity contribution < 1.29 is 13.5 Å². The molecule has 0 saturated carbocycles. The van der Waals surface area contributed by atoms with Crippen LogP contribution in [-0.2, 0) is 6.42 Å². The number of halogens is 2. The maximum Gasteiger partial charge on any atom is 0.129 e. The van der Waals surface area contributed by atoms with E-state index in [1.54, 1.807) is 13.2 Å². The quantitative estimate of drug-likeness (QED) is 0.655. The van der Waals surface area contributed by atoms with Gasteiger partial charge in [0.2, 0.25) is 0 Å². The van der Waals surface area contributed by atoms with Crippen LogP contribution >= 0.6 is 11.3 Å². The first-order valence-electron chi connectivity index (χ1n) is 5.67. The van der Waals surface area contributed by atoms with Crippen molar-refractivity contribution in [3.8, 4) is 5.75 Å². The monoisotopic (exact) mass is 284 g/mol. The van der Waals surface area contributed by atoms with Crippen molar-refractivity contribution in [3.63, 3.8) is 0 Å². The highest BCUT2D eigenvalue weighted by molar-refractivity contribution is 7.10. The minimum absolute atomic E-state index is 0.0258. The lowest BCUT2D eigenvalue weighted by Gasteiger charge is -2.15. The fourth-order valence-corrected chi connectivity index (χ4v) is 2.71. The summed E-state index contributed by atoms with van der Waals surface area (Å²) in [6.45, 7) is 0. The van der Waals surface area contributed by atoms with E-state index in [0.29, 0.717) is 5.75 Å². The summed E-state index contributed by atoms with van der Waals surface area (Å²) in [4.78, 5) is 0.863. The van der Waals surface area contributed by atoms with E-state index in [1.165, 1.54) is 29.5 Å². The molecule has 0 saturated heterocycles. The number of methoxy groups -OCH3 is 1. The fourth-order valence-electron chi connectivity index (χ4n) is 1.80. The van der Waals surface area contributed by atoms with Gasteiger partial charge in [-0.2, -0.15) is 0 Å². The first kappa shape index (κ1) is 13.9. The zero-order valence-electron chi connectivity index (χ0n) is 10.3. The van der Waals surface area contributed by atoms with Gasteiger partial charge in [0.1, 0.15) is 17.4 Å². The maximum atomic E-state index is 13.6. The number of hydrogen-bond donors (Lipinski definition) is 2. The number of nitrogens with two attached hydrogens (primary N) is 1. The van der Waals surface area contributed by atoms with E-state index in [1.807, 2.05) is 5.38 Å². The number of hydrazine groups is 1. The lowest BCUT2D eigenvalue weighted by molar-refractivity contribution is 0.415. The highest BCUT2D eigenvalue weighted by Gasteiger charge is 2.18. The third-order valence-corrected chi connectivity index (χ3v) is 3.87. The Labute approximate surface area is 114 Å². The summed E-state index contributed by atoms with van der Waals surface area (Å²) in [7, 11) is 1.56. The van der Waals surface area contributed by atoms with Crippen molar-refractivity contribution in [2.45, 2.75) is 12.5 Å². The molecule has 19 heavy (non-hydrogen) atoms. The Hall–Kier alpha value is -1.50. The van der Waals surface area contributed by atoms with Gasteiger partial charge in [-0.05, 0) is 24.6 Å². The SMILES string of the molecule is COc1csc(C(Cc2c(F)cccc2F)NN)c1. The molecule has 0 aliphatic carbocycles. The molecular weight excluding hydrogens is 270 g/mol. The van der Waals surface area contributed by atoms with Crippen LogP contribution in [0.3, 0.4) is 0 Å². The van der Waals surface area contributed by atoms with Gasteiger partial charge < -0.3 is 4.74 Å². The summed E-state index contributed by atoms with van der Waals surface area (Å²) in [6.07, 6.45) is 0.138. The van der Waals surface area contributed by atoms with Crippen LogP contribution in [0.25, 0.3) is 0 Å². The maximum absolute atomic E-state index is 13.6. The molecule has 2 aromatic rings. The molecule has 1 aromatic heterocycles. The van der Waals surface area contributed by atoms with Crippen LogP contribution in [0.1, 0.15) is 16.5 Å². The van der Waals surface area contributed by atoms with Crippen molar-refractivity contribution in [1.29, 1.82) is 0 Å². The summed E-state index contributed by atoms with van der Waals surface area (Å²) in [5.74, 6) is 5.05. The highest BCUT2D eigenvalue weighted by atomic mass is 32.1. The molecule has 0 radical (unpaired) electrons. The molecule has 0 spiro atoms. The molecule has 3 nitrogen and oxygen atoms in total. The molecule has 0 aliphatic heterocycles. The molecule has 0 aliphatic rings. The minimum atomic E-state index is -0.566. The zero-order valence-corrected chi connectivity index (χ0v) is 11.1. The molecular formula is C13H14F2N2OS. The van der Waals surface area contributed by atoms with Crippen LogP contribution in [0, 0.1) is 11.6 Å². The van der Waals surface area contributed by atoms with Gasteiger partial charge in [-0.3, -0.25) is 11.3 Å². The van der Waals surface area contributed by atoms with Crippen molar-refractivity contribution in [2.24, 2.45) is 5.84 Å². The summed E-state index contributed by atoms with van der Waals surface area (Å²) in [5, 5.41) is 1.82. The predicted octanol–water partition coefficient (Wildman–Crippen LogP) is 2.78. The Morgan fingerprint density at radius 2 is 2.05 bits per heavy atom. The average molecular weight is 284 g/mol. The molecule has 1 atom stereocenters. The standard InChI is InChI=1S/C13H14F2N2OS/c1-18-8-5-13(19-7-8)12(17-16)6-9-10(14)3-2-4-11(9)15/h2-5,7,12,17H,6,16H2,1H3.